The molecule has 0 saturated heterocycles. The lowest BCUT2D eigenvalue weighted by atomic mass is 10.1. The van der Waals surface area contributed by atoms with Crippen LogP contribution in [0.4, 0.5) is 10.1 Å². The summed E-state index contributed by atoms with van der Waals surface area (Å²) in [6, 6.07) is 12.8. The van der Waals surface area contributed by atoms with Gasteiger partial charge < -0.3 is 10.1 Å². The minimum Gasteiger partial charge on any atom is -0.381 e. The van der Waals surface area contributed by atoms with E-state index in [1.165, 1.54) is 12.1 Å². The molecule has 2 nitrogen and oxygen atoms in total. The lowest BCUT2D eigenvalue weighted by molar-refractivity contribution is 0.185. The molecule has 0 fully saturated rings. The molecule has 1 N–H and O–H groups in total. The Kier molecular flexibility index (Phi) is 4.93. The standard InChI is InChI=1S/C15H15BrFNO/c1-19-10-12-4-2-3-5-15(12)18-9-11-6-13(16)8-14(17)7-11/h2-8,18H,9-10H2,1H3. The average Bonchev–Trinajstić information content (AvgIpc) is 2.37. The van der Waals surface area contributed by atoms with Crippen molar-refractivity contribution in [1.29, 1.82) is 0 Å². The van der Waals surface area contributed by atoms with Crippen molar-refractivity contribution < 1.29 is 9.13 Å². The summed E-state index contributed by atoms with van der Waals surface area (Å²) in [6.45, 7) is 1.12. The molecule has 0 saturated carbocycles. The van der Waals surface area contributed by atoms with Crippen LogP contribution in [0.3, 0.4) is 0 Å². The molecular formula is C15H15BrFNO. The van der Waals surface area contributed by atoms with E-state index in [1.54, 1.807) is 7.11 Å². The van der Waals surface area contributed by atoms with Gasteiger partial charge in [-0.3, -0.25) is 0 Å². The molecule has 2 aromatic rings. The highest BCUT2D eigenvalue weighted by Gasteiger charge is 2.03. The van der Waals surface area contributed by atoms with Gasteiger partial charge in [-0.1, -0.05) is 34.1 Å². The third kappa shape index (κ3) is 4.04. The van der Waals surface area contributed by atoms with Crippen molar-refractivity contribution in [1.82, 2.24) is 0 Å². The summed E-state index contributed by atoms with van der Waals surface area (Å²) in [6.07, 6.45) is 0. The van der Waals surface area contributed by atoms with Gasteiger partial charge in [0.05, 0.1) is 6.61 Å². The number of para-hydroxylation sites is 1. The number of methoxy groups -OCH3 is 1. The minimum absolute atomic E-state index is 0.239. The molecule has 0 amide bonds. The molecule has 0 heterocycles. The van der Waals surface area contributed by atoms with Gasteiger partial charge in [0, 0.05) is 29.4 Å². The smallest absolute Gasteiger partial charge is 0.124 e. The largest absolute Gasteiger partial charge is 0.381 e. The van der Waals surface area contributed by atoms with Gasteiger partial charge >= 0.3 is 0 Å². The molecule has 2 rings (SSSR count). The Morgan fingerprint density at radius 2 is 2.00 bits per heavy atom. The molecule has 0 atom stereocenters. The molecule has 0 bridgehead atoms. The van der Waals surface area contributed by atoms with Crippen molar-refractivity contribution in [3.8, 4) is 0 Å². The number of hydrogen-bond acceptors (Lipinski definition) is 2. The van der Waals surface area contributed by atoms with Gasteiger partial charge in [0.2, 0.25) is 0 Å². The van der Waals surface area contributed by atoms with E-state index in [2.05, 4.69) is 21.2 Å². The molecular weight excluding hydrogens is 309 g/mol. The van der Waals surface area contributed by atoms with Gasteiger partial charge in [0.1, 0.15) is 5.82 Å². The second-order valence-corrected chi connectivity index (χ2v) is 5.14. The van der Waals surface area contributed by atoms with Gasteiger partial charge in [-0.25, -0.2) is 4.39 Å². The van der Waals surface area contributed by atoms with Crippen LogP contribution in [0.25, 0.3) is 0 Å². The number of hydrogen-bond donors (Lipinski definition) is 1. The topological polar surface area (TPSA) is 21.3 Å². The van der Waals surface area contributed by atoms with Crippen molar-refractivity contribution in [2.24, 2.45) is 0 Å². The summed E-state index contributed by atoms with van der Waals surface area (Å²) in [7, 11) is 1.67. The highest BCUT2D eigenvalue weighted by atomic mass is 79.9. The maximum atomic E-state index is 13.3. The Morgan fingerprint density at radius 1 is 1.21 bits per heavy atom. The van der Waals surface area contributed by atoms with Gasteiger partial charge in [-0.05, 0) is 29.8 Å². The zero-order chi connectivity index (χ0) is 13.7. The summed E-state index contributed by atoms with van der Waals surface area (Å²) in [5.74, 6) is -0.239. The van der Waals surface area contributed by atoms with Crippen LogP contribution >= 0.6 is 15.9 Å². The van der Waals surface area contributed by atoms with Crippen molar-refractivity contribution in [2.75, 3.05) is 12.4 Å². The Morgan fingerprint density at radius 3 is 2.74 bits per heavy atom. The van der Waals surface area contributed by atoms with Gasteiger partial charge in [-0.2, -0.15) is 0 Å². The molecule has 0 aliphatic carbocycles. The van der Waals surface area contributed by atoms with E-state index in [0.29, 0.717) is 13.2 Å². The Labute approximate surface area is 120 Å². The monoisotopic (exact) mass is 323 g/mol. The SMILES string of the molecule is COCc1ccccc1NCc1cc(F)cc(Br)c1. The van der Waals surface area contributed by atoms with Crippen LogP contribution in [0.2, 0.25) is 0 Å². The van der Waals surface area contributed by atoms with E-state index in [-0.39, 0.29) is 5.82 Å². The predicted molar refractivity (Wildman–Crippen MR) is 78.6 cm³/mol. The third-order valence-electron chi connectivity index (χ3n) is 2.72. The lowest BCUT2D eigenvalue weighted by Crippen LogP contribution is -2.03. The number of halogens is 2. The van der Waals surface area contributed by atoms with E-state index in [0.717, 1.165) is 21.3 Å². The van der Waals surface area contributed by atoms with Crippen molar-refractivity contribution in [2.45, 2.75) is 13.2 Å². The maximum absolute atomic E-state index is 13.3. The molecule has 0 spiro atoms. The molecule has 0 aliphatic heterocycles. The summed E-state index contributed by atoms with van der Waals surface area (Å²) in [5.41, 5.74) is 2.98. The van der Waals surface area contributed by atoms with Crippen molar-refractivity contribution in [3.05, 3.63) is 63.9 Å². The summed E-state index contributed by atoms with van der Waals surface area (Å²) < 4.78 is 19.2. The molecule has 0 unspecified atom stereocenters. The van der Waals surface area contributed by atoms with Crippen molar-refractivity contribution >= 4 is 21.6 Å². The van der Waals surface area contributed by atoms with E-state index in [1.807, 2.05) is 30.3 Å². The summed E-state index contributed by atoms with van der Waals surface area (Å²) in [5, 5.41) is 3.30. The molecule has 0 aliphatic rings. The first-order valence-corrected chi connectivity index (χ1v) is 6.74. The molecule has 4 heteroatoms. The Balaban J connectivity index is 2.09. The van der Waals surface area contributed by atoms with Crippen LogP contribution in [0.5, 0.6) is 0 Å². The number of benzene rings is 2. The van der Waals surface area contributed by atoms with Gasteiger partial charge in [-0.15, -0.1) is 0 Å². The fourth-order valence-corrected chi connectivity index (χ4v) is 2.40. The first-order chi connectivity index (χ1) is 9.19. The Hall–Kier alpha value is -1.39. The molecule has 19 heavy (non-hydrogen) atoms. The number of nitrogens with one attached hydrogen (secondary N) is 1. The predicted octanol–water partition coefficient (Wildman–Crippen LogP) is 4.35. The van der Waals surface area contributed by atoms with Crippen LogP contribution in [0, 0.1) is 5.82 Å². The molecule has 100 valence electrons. The summed E-state index contributed by atoms with van der Waals surface area (Å²) >= 11 is 3.29. The van der Waals surface area contributed by atoms with E-state index >= 15 is 0 Å². The minimum atomic E-state index is -0.239. The highest BCUT2D eigenvalue weighted by Crippen LogP contribution is 2.19. The molecule has 2 aromatic carbocycles. The first kappa shape index (κ1) is 14.0. The second kappa shape index (κ2) is 6.68. The Bertz CT molecular complexity index is 539. The number of rotatable bonds is 5. The zero-order valence-corrected chi connectivity index (χ0v) is 12.2. The maximum Gasteiger partial charge on any atom is 0.124 e. The van der Waals surface area contributed by atoms with Crippen LogP contribution in [-0.2, 0) is 17.9 Å². The second-order valence-electron chi connectivity index (χ2n) is 4.22. The van der Waals surface area contributed by atoms with Gasteiger partial charge in [0.25, 0.3) is 0 Å². The van der Waals surface area contributed by atoms with Crippen LogP contribution < -0.4 is 5.32 Å². The lowest BCUT2D eigenvalue weighted by Gasteiger charge is -2.11. The van der Waals surface area contributed by atoms with Crippen molar-refractivity contribution in [3.63, 3.8) is 0 Å². The molecule has 0 radical (unpaired) electrons. The normalized spacial score (nSPS) is 10.5. The van der Waals surface area contributed by atoms with E-state index < -0.39 is 0 Å². The first-order valence-electron chi connectivity index (χ1n) is 5.94. The summed E-state index contributed by atoms with van der Waals surface area (Å²) in [4.78, 5) is 0. The van der Waals surface area contributed by atoms with Gasteiger partial charge in [0.15, 0.2) is 0 Å². The number of anilines is 1. The third-order valence-corrected chi connectivity index (χ3v) is 3.18. The fourth-order valence-electron chi connectivity index (χ4n) is 1.88. The van der Waals surface area contributed by atoms with E-state index in [4.69, 9.17) is 4.74 Å². The van der Waals surface area contributed by atoms with Crippen LogP contribution in [0.15, 0.2) is 46.9 Å². The zero-order valence-electron chi connectivity index (χ0n) is 10.6. The van der Waals surface area contributed by atoms with Crippen LogP contribution in [0.1, 0.15) is 11.1 Å². The number of ether oxygens (including phenoxy) is 1. The average molecular weight is 324 g/mol. The quantitative estimate of drug-likeness (QED) is 0.883. The highest BCUT2D eigenvalue weighted by molar-refractivity contribution is 9.10. The van der Waals surface area contributed by atoms with E-state index in [9.17, 15) is 4.39 Å². The van der Waals surface area contributed by atoms with Crippen LogP contribution in [-0.4, -0.2) is 7.11 Å². The fraction of sp³-hybridized carbons (Fsp3) is 0.200. The molecule has 0 aromatic heterocycles.